The normalized spacial score (nSPS) is 37.2. The number of rotatable bonds is 7. The summed E-state index contributed by atoms with van der Waals surface area (Å²) in [6.07, 6.45) is 8.52. The van der Waals surface area contributed by atoms with Gasteiger partial charge in [-0.15, -0.1) is 0 Å². The van der Waals surface area contributed by atoms with Gasteiger partial charge in [-0.2, -0.15) is 0 Å². The van der Waals surface area contributed by atoms with Crippen LogP contribution in [0, 0.1) is 17.8 Å². The van der Waals surface area contributed by atoms with Crippen molar-refractivity contribution in [2.45, 2.75) is 50.2 Å². The van der Waals surface area contributed by atoms with Gasteiger partial charge in [-0.3, -0.25) is 0 Å². The second-order valence-corrected chi connectivity index (χ2v) is 6.47. The third-order valence-electron chi connectivity index (χ3n) is 5.13. The molecule has 0 aliphatic heterocycles. The first-order valence-electron chi connectivity index (χ1n) is 7.24. The molecule has 0 atom stereocenters. The summed E-state index contributed by atoms with van der Waals surface area (Å²) < 4.78 is 5.37. The van der Waals surface area contributed by atoms with E-state index in [0.717, 1.165) is 37.1 Å². The molecule has 0 saturated heterocycles. The lowest BCUT2D eigenvalue weighted by Crippen LogP contribution is -2.63. The van der Waals surface area contributed by atoms with Crippen LogP contribution in [0.3, 0.4) is 0 Å². The summed E-state index contributed by atoms with van der Waals surface area (Å²) in [5.41, 5.74) is 6.13. The predicted molar refractivity (Wildman–Crippen MR) is 68.8 cm³/mol. The largest absolute Gasteiger partial charge is 0.381 e. The van der Waals surface area contributed by atoms with Crippen molar-refractivity contribution >= 4 is 0 Å². The van der Waals surface area contributed by atoms with Crippen LogP contribution in [0.1, 0.15) is 38.5 Å². The third kappa shape index (κ3) is 2.51. The molecule has 3 aliphatic rings. The van der Waals surface area contributed by atoms with Crippen LogP contribution < -0.4 is 11.1 Å². The molecule has 0 aromatic rings. The van der Waals surface area contributed by atoms with E-state index >= 15 is 0 Å². The van der Waals surface area contributed by atoms with Crippen molar-refractivity contribution in [3.05, 3.63) is 0 Å². The highest BCUT2D eigenvalue weighted by Crippen LogP contribution is 2.49. The summed E-state index contributed by atoms with van der Waals surface area (Å²) in [6, 6.07) is 0. The van der Waals surface area contributed by atoms with Crippen LogP contribution in [-0.2, 0) is 4.74 Å². The van der Waals surface area contributed by atoms with E-state index in [9.17, 15) is 0 Å². The van der Waals surface area contributed by atoms with Gasteiger partial charge in [-0.1, -0.05) is 0 Å². The van der Waals surface area contributed by atoms with Crippen molar-refractivity contribution < 1.29 is 4.74 Å². The summed E-state index contributed by atoms with van der Waals surface area (Å²) in [5, 5.41) is 3.78. The van der Waals surface area contributed by atoms with E-state index in [1.54, 1.807) is 0 Å². The van der Waals surface area contributed by atoms with Crippen LogP contribution in [0.15, 0.2) is 0 Å². The first-order chi connectivity index (χ1) is 8.26. The molecular weight excluding hydrogens is 212 g/mol. The third-order valence-corrected chi connectivity index (χ3v) is 5.13. The van der Waals surface area contributed by atoms with Gasteiger partial charge in [-0.05, 0) is 62.8 Å². The lowest BCUT2D eigenvalue weighted by molar-refractivity contribution is -0.0284. The van der Waals surface area contributed by atoms with Crippen molar-refractivity contribution in [2.75, 3.05) is 20.2 Å². The minimum Gasteiger partial charge on any atom is -0.381 e. The zero-order valence-corrected chi connectivity index (χ0v) is 11.0. The molecule has 3 fully saturated rings. The molecule has 3 nitrogen and oxygen atoms in total. The Labute approximate surface area is 104 Å². The fourth-order valence-electron chi connectivity index (χ4n) is 3.46. The number of hydrogen-bond acceptors (Lipinski definition) is 3. The first kappa shape index (κ1) is 11.9. The highest BCUT2D eigenvalue weighted by atomic mass is 16.5. The molecule has 0 spiro atoms. The molecule has 0 radical (unpaired) electrons. The number of ether oxygens (including phenoxy) is 1. The van der Waals surface area contributed by atoms with E-state index in [1.807, 2.05) is 7.11 Å². The molecule has 17 heavy (non-hydrogen) atoms. The van der Waals surface area contributed by atoms with Gasteiger partial charge in [0.15, 0.2) is 0 Å². The minimum absolute atomic E-state index is 0.197. The fraction of sp³-hybridized carbons (Fsp3) is 1.00. The highest BCUT2D eigenvalue weighted by molar-refractivity contribution is 5.04. The molecule has 0 amide bonds. The molecule has 3 saturated carbocycles. The Morgan fingerprint density at radius 3 is 2.24 bits per heavy atom. The Bertz CT molecular complexity index is 255. The average molecular weight is 238 g/mol. The van der Waals surface area contributed by atoms with Crippen molar-refractivity contribution in [1.82, 2.24) is 5.32 Å². The van der Waals surface area contributed by atoms with E-state index in [-0.39, 0.29) is 5.54 Å². The molecule has 3 rings (SSSR count). The maximum atomic E-state index is 5.94. The molecule has 0 aromatic heterocycles. The van der Waals surface area contributed by atoms with Crippen LogP contribution in [0.5, 0.6) is 0 Å². The molecule has 3 heteroatoms. The summed E-state index contributed by atoms with van der Waals surface area (Å²) in [5.74, 6) is 3.01. The van der Waals surface area contributed by atoms with E-state index in [0.29, 0.717) is 6.10 Å². The van der Waals surface area contributed by atoms with Gasteiger partial charge >= 0.3 is 0 Å². The summed E-state index contributed by atoms with van der Waals surface area (Å²) in [4.78, 5) is 0. The van der Waals surface area contributed by atoms with E-state index in [1.165, 1.54) is 32.2 Å². The van der Waals surface area contributed by atoms with Crippen molar-refractivity contribution in [1.29, 1.82) is 0 Å². The zero-order valence-electron chi connectivity index (χ0n) is 11.0. The topological polar surface area (TPSA) is 47.3 Å². The summed E-state index contributed by atoms with van der Waals surface area (Å²) in [7, 11) is 1.81. The van der Waals surface area contributed by atoms with Gasteiger partial charge in [0.1, 0.15) is 0 Å². The second-order valence-electron chi connectivity index (χ2n) is 6.47. The van der Waals surface area contributed by atoms with E-state index < -0.39 is 0 Å². The summed E-state index contributed by atoms with van der Waals surface area (Å²) in [6.45, 7) is 1.96. The highest BCUT2D eigenvalue weighted by Gasteiger charge is 2.46. The SMILES string of the molecule is COC1CC(CN)(NCC(C2CC2)C2CC2)C1. The van der Waals surface area contributed by atoms with Gasteiger partial charge in [0.05, 0.1) is 6.10 Å². The standard InChI is InChI=1S/C14H26N2O/c1-17-12-6-14(7-12,9-15)16-8-13(10-2-3-10)11-4-5-11/h10-13,16H,2-9,15H2,1H3. The molecule has 0 aromatic carbocycles. The Kier molecular flexibility index (Phi) is 3.18. The molecule has 3 N–H and O–H groups in total. The Hall–Kier alpha value is -0.120. The molecule has 0 bridgehead atoms. The van der Waals surface area contributed by atoms with E-state index in [4.69, 9.17) is 10.5 Å². The van der Waals surface area contributed by atoms with Crippen LogP contribution in [0.25, 0.3) is 0 Å². The maximum Gasteiger partial charge on any atom is 0.0607 e. The number of nitrogens with one attached hydrogen (secondary N) is 1. The maximum absolute atomic E-state index is 5.94. The van der Waals surface area contributed by atoms with Gasteiger partial charge in [0.2, 0.25) is 0 Å². The quantitative estimate of drug-likeness (QED) is 0.707. The van der Waals surface area contributed by atoms with Crippen LogP contribution in [0.2, 0.25) is 0 Å². The van der Waals surface area contributed by atoms with Gasteiger partial charge in [-0.25, -0.2) is 0 Å². The van der Waals surface area contributed by atoms with Crippen molar-refractivity contribution in [3.8, 4) is 0 Å². The van der Waals surface area contributed by atoms with Gasteiger partial charge < -0.3 is 15.8 Å². The van der Waals surface area contributed by atoms with Crippen LogP contribution >= 0.6 is 0 Å². The first-order valence-corrected chi connectivity index (χ1v) is 7.24. The van der Waals surface area contributed by atoms with Crippen LogP contribution in [-0.4, -0.2) is 31.8 Å². The smallest absolute Gasteiger partial charge is 0.0607 e. The molecule has 3 aliphatic carbocycles. The number of nitrogens with two attached hydrogens (primary N) is 1. The average Bonchev–Trinajstić information content (AvgIpc) is 3.15. The Balaban J connectivity index is 1.48. The second kappa shape index (κ2) is 4.52. The van der Waals surface area contributed by atoms with Crippen molar-refractivity contribution in [2.24, 2.45) is 23.5 Å². The monoisotopic (exact) mass is 238 g/mol. The van der Waals surface area contributed by atoms with Gasteiger partial charge in [0, 0.05) is 19.2 Å². The van der Waals surface area contributed by atoms with E-state index in [2.05, 4.69) is 5.32 Å². The number of methoxy groups -OCH3 is 1. The molecule has 0 heterocycles. The predicted octanol–water partition coefficient (Wildman–Crippen LogP) is 1.52. The Morgan fingerprint density at radius 1 is 1.24 bits per heavy atom. The molecule has 0 unspecified atom stereocenters. The van der Waals surface area contributed by atoms with Crippen LogP contribution in [0.4, 0.5) is 0 Å². The summed E-state index contributed by atoms with van der Waals surface area (Å²) >= 11 is 0. The lowest BCUT2D eigenvalue weighted by Gasteiger charge is -2.47. The Morgan fingerprint density at radius 2 is 1.82 bits per heavy atom. The zero-order chi connectivity index (χ0) is 11.9. The lowest BCUT2D eigenvalue weighted by atomic mass is 9.73. The van der Waals surface area contributed by atoms with Gasteiger partial charge in [0.25, 0.3) is 0 Å². The molecular formula is C14H26N2O. The molecule has 98 valence electrons. The number of hydrogen-bond donors (Lipinski definition) is 2. The van der Waals surface area contributed by atoms with Crippen molar-refractivity contribution in [3.63, 3.8) is 0 Å². The minimum atomic E-state index is 0.197. The fourth-order valence-corrected chi connectivity index (χ4v) is 3.46.